The number of hydrogen-bond donors (Lipinski definition) is 1. The summed E-state index contributed by atoms with van der Waals surface area (Å²) in [4.78, 5) is 11.7. The van der Waals surface area contributed by atoms with Crippen LogP contribution in [0.3, 0.4) is 0 Å². The number of ether oxygens (including phenoxy) is 1. The van der Waals surface area contributed by atoms with Crippen molar-refractivity contribution >= 4 is 5.91 Å². The molecule has 1 aliphatic heterocycles. The fourth-order valence-electron chi connectivity index (χ4n) is 1.67. The Morgan fingerprint density at radius 1 is 1.53 bits per heavy atom. The summed E-state index contributed by atoms with van der Waals surface area (Å²) in [7, 11) is 0. The van der Waals surface area contributed by atoms with Gasteiger partial charge < -0.3 is 10.1 Å². The molecule has 1 heterocycles. The predicted octanol–water partition coefficient (Wildman–Crippen LogP) is 1.76. The van der Waals surface area contributed by atoms with Crippen molar-refractivity contribution in [2.75, 3.05) is 13.2 Å². The van der Waals surface area contributed by atoms with Gasteiger partial charge in [0.2, 0.25) is 0 Å². The maximum atomic E-state index is 11.7. The van der Waals surface area contributed by atoms with E-state index in [1.807, 2.05) is 25.1 Å². The first-order chi connectivity index (χ1) is 7.31. The van der Waals surface area contributed by atoms with E-state index in [-0.39, 0.29) is 5.91 Å². The smallest absolute Gasteiger partial charge is 0.251 e. The number of benzene rings is 1. The number of carbonyl (C=O) groups excluding carboxylic acids is 1. The lowest BCUT2D eigenvalue weighted by Gasteiger charge is -2.04. The number of fused-ring (bicyclic) bond motifs is 1. The summed E-state index contributed by atoms with van der Waals surface area (Å²) in [5.74, 6) is 0.925. The highest BCUT2D eigenvalue weighted by molar-refractivity contribution is 5.94. The van der Waals surface area contributed by atoms with Crippen LogP contribution >= 0.6 is 0 Å². The van der Waals surface area contributed by atoms with Crippen molar-refractivity contribution in [3.63, 3.8) is 0 Å². The second-order valence-electron chi connectivity index (χ2n) is 3.68. The van der Waals surface area contributed by atoms with Gasteiger partial charge in [0, 0.05) is 18.5 Å². The third kappa shape index (κ3) is 2.12. The fraction of sp³-hybridized carbons (Fsp3) is 0.417. The lowest BCUT2D eigenvalue weighted by atomic mass is 10.1. The first kappa shape index (κ1) is 10.0. The molecule has 0 spiro atoms. The van der Waals surface area contributed by atoms with Gasteiger partial charge in [-0.2, -0.15) is 0 Å². The second-order valence-corrected chi connectivity index (χ2v) is 3.68. The van der Waals surface area contributed by atoms with Crippen molar-refractivity contribution < 1.29 is 9.53 Å². The molecule has 1 N–H and O–H groups in total. The topological polar surface area (TPSA) is 38.3 Å². The highest BCUT2D eigenvalue weighted by atomic mass is 16.5. The van der Waals surface area contributed by atoms with Gasteiger partial charge in [0.15, 0.2) is 0 Å². The second kappa shape index (κ2) is 4.34. The predicted molar refractivity (Wildman–Crippen MR) is 58.3 cm³/mol. The molecule has 0 bridgehead atoms. The van der Waals surface area contributed by atoms with Crippen LogP contribution in [0.1, 0.15) is 29.3 Å². The molecule has 1 aromatic rings. The van der Waals surface area contributed by atoms with Gasteiger partial charge in [0.1, 0.15) is 5.75 Å². The van der Waals surface area contributed by atoms with E-state index in [0.717, 1.165) is 42.9 Å². The number of rotatable bonds is 3. The first-order valence-corrected chi connectivity index (χ1v) is 5.35. The van der Waals surface area contributed by atoms with Gasteiger partial charge in [-0.25, -0.2) is 0 Å². The molecule has 80 valence electrons. The van der Waals surface area contributed by atoms with E-state index in [0.29, 0.717) is 0 Å². The Kier molecular flexibility index (Phi) is 2.90. The van der Waals surface area contributed by atoms with Crippen molar-refractivity contribution in [3.05, 3.63) is 29.3 Å². The Morgan fingerprint density at radius 2 is 2.40 bits per heavy atom. The van der Waals surface area contributed by atoms with E-state index >= 15 is 0 Å². The molecule has 0 saturated heterocycles. The third-order valence-electron chi connectivity index (χ3n) is 2.49. The van der Waals surface area contributed by atoms with Crippen LogP contribution in [-0.4, -0.2) is 19.1 Å². The summed E-state index contributed by atoms with van der Waals surface area (Å²) in [5.41, 5.74) is 1.87. The van der Waals surface area contributed by atoms with Crippen molar-refractivity contribution in [1.82, 2.24) is 5.32 Å². The van der Waals surface area contributed by atoms with Crippen molar-refractivity contribution in [1.29, 1.82) is 0 Å². The minimum atomic E-state index is 0.00606. The molecule has 3 nitrogen and oxygen atoms in total. The summed E-state index contributed by atoms with van der Waals surface area (Å²) < 4.78 is 5.38. The van der Waals surface area contributed by atoms with Gasteiger partial charge in [-0.05, 0) is 30.2 Å². The van der Waals surface area contributed by atoms with E-state index in [4.69, 9.17) is 4.74 Å². The summed E-state index contributed by atoms with van der Waals surface area (Å²) in [6.07, 6.45) is 1.87. The molecule has 2 rings (SSSR count). The van der Waals surface area contributed by atoms with Gasteiger partial charge in [0.05, 0.1) is 6.61 Å². The molecule has 0 saturated carbocycles. The first-order valence-electron chi connectivity index (χ1n) is 5.35. The zero-order valence-corrected chi connectivity index (χ0v) is 8.88. The van der Waals surface area contributed by atoms with Crippen LogP contribution in [0, 0.1) is 0 Å². The van der Waals surface area contributed by atoms with Crippen LogP contribution in [0.15, 0.2) is 18.2 Å². The minimum absolute atomic E-state index is 0.00606. The Labute approximate surface area is 89.4 Å². The average Bonchev–Trinajstić information content (AvgIpc) is 2.72. The van der Waals surface area contributed by atoms with Gasteiger partial charge in [0.25, 0.3) is 5.91 Å². The zero-order valence-electron chi connectivity index (χ0n) is 8.88. The van der Waals surface area contributed by atoms with Gasteiger partial charge in [-0.1, -0.05) is 6.92 Å². The summed E-state index contributed by atoms with van der Waals surface area (Å²) in [6.45, 7) is 3.50. The number of hydrogen-bond acceptors (Lipinski definition) is 2. The van der Waals surface area contributed by atoms with Crippen LogP contribution in [0.4, 0.5) is 0 Å². The third-order valence-corrected chi connectivity index (χ3v) is 2.49. The highest BCUT2D eigenvalue weighted by Crippen LogP contribution is 2.25. The largest absolute Gasteiger partial charge is 0.493 e. The fourth-order valence-corrected chi connectivity index (χ4v) is 1.67. The molecular weight excluding hydrogens is 190 g/mol. The van der Waals surface area contributed by atoms with Crippen LogP contribution < -0.4 is 10.1 Å². The molecule has 1 aliphatic rings. The van der Waals surface area contributed by atoms with Crippen molar-refractivity contribution in [3.8, 4) is 5.75 Å². The average molecular weight is 205 g/mol. The molecule has 0 fully saturated rings. The Balaban J connectivity index is 2.12. The van der Waals surface area contributed by atoms with Crippen LogP contribution in [0.5, 0.6) is 5.75 Å². The minimum Gasteiger partial charge on any atom is -0.493 e. The SMILES string of the molecule is CCCNC(=O)c1ccc2c(c1)CCO2. The molecular formula is C12H15NO2. The van der Waals surface area contributed by atoms with E-state index in [1.54, 1.807) is 0 Å². The van der Waals surface area contributed by atoms with Crippen LogP contribution in [-0.2, 0) is 6.42 Å². The molecule has 3 heteroatoms. The van der Waals surface area contributed by atoms with E-state index in [9.17, 15) is 4.79 Å². The molecule has 0 aliphatic carbocycles. The number of nitrogens with one attached hydrogen (secondary N) is 1. The van der Waals surface area contributed by atoms with Gasteiger partial charge in [-0.15, -0.1) is 0 Å². The molecule has 0 radical (unpaired) electrons. The maximum absolute atomic E-state index is 11.7. The molecule has 15 heavy (non-hydrogen) atoms. The van der Waals surface area contributed by atoms with Gasteiger partial charge in [-0.3, -0.25) is 4.79 Å². The lowest BCUT2D eigenvalue weighted by Crippen LogP contribution is -2.23. The number of amides is 1. The molecule has 0 aromatic heterocycles. The van der Waals surface area contributed by atoms with Crippen molar-refractivity contribution in [2.24, 2.45) is 0 Å². The number of carbonyl (C=O) groups is 1. The van der Waals surface area contributed by atoms with E-state index in [2.05, 4.69) is 5.32 Å². The van der Waals surface area contributed by atoms with E-state index in [1.165, 1.54) is 0 Å². The van der Waals surface area contributed by atoms with Gasteiger partial charge >= 0.3 is 0 Å². The Bertz CT molecular complexity index is 374. The molecule has 0 atom stereocenters. The summed E-state index contributed by atoms with van der Waals surface area (Å²) in [6, 6.07) is 5.62. The summed E-state index contributed by atoms with van der Waals surface area (Å²) in [5, 5.41) is 2.86. The monoisotopic (exact) mass is 205 g/mol. The van der Waals surface area contributed by atoms with Crippen LogP contribution in [0.25, 0.3) is 0 Å². The van der Waals surface area contributed by atoms with Crippen molar-refractivity contribution in [2.45, 2.75) is 19.8 Å². The quantitative estimate of drug-likeness (QED) is 0.816. The van der Waals surface area contributed by atoms with E-state index < -0.39 is 0 Å². The lowest BCUT2D eigenvalue weighted by molar-refractivity contribution is 0.0953. The molecule has 1 aromatic carbocycles. The normalized spacial score (nSPS) is 13.1. The van der Waals surface area contributed by atoms with Crippen LogP contribution in [0.2, 0.25) is 0 Å². The Hall–Kier alpha value is -1.51. The molecule has 0 unspecified atom stereocenters. The maximum Gasteiger partial charge on any atom is 0.251 e. The summed E-state index contributed by atoms with van der Waals surface area (Å²) >= 11 is 0. The highest BCUT2D eigenvalue weighted by Gasteiger charge is 2.14. The molecule has 1 amide bonds. The standard InChI is InChI=1S/C12H15NO2/c1-2-6-13-12(14)10-3-4-11-9(8-10)5-7-15-11/h3-4,8H,2,5-7H2,1H3,(H,13,14). The zero-order chi connectivity index (χ0) is 10.7. The Morgan fingerprint density at radius 3 is 3.20 bits per heavy atom.